The van der Waals surface area contributed by atoms with Gasteiger partial charge in [-0.25, -0.2) is 0 Å². The van der Waals surface area contributed by atoms with Crippen molar-refractivity contribution in [3.8, 4) is 11.4 Å². The van der Waals surface area contributed by atoms with Gasteiger partial charge in [0.25, 0.3) is 5.56 Å². The highest BCUT2D eigenvalue weighted by molar-refractivity contribution is 7.98. The van der Waals surface area contributed by atoms with Crippen LogP contribution in [0.2, 0.25) is 5.02 Å². The normalized spacial score (nSPS) is 14.8. The van der Waals surface area contributed by atoms with Crippen LogP contribution in [0.3, 0.4) is 0 Å². The maximum atomic E-state index is 13.7. The van der Waals surface area contributed by atoms with E-state index in [1.807, 2.05) is 36.4 Å². The van der Waals surface area contributed by atoms with Crippen LogP contribution in [-0.4, -0.2) is 17.9 Å². The Labute approximate surface area is 209 Å². The molecule has 0 atom stereocenters. The molecule has 0 unspecified atom stereocenters. The van der Waals surface area contributed by atoms with Gasteiger partial charge in [0.05, 0.1) is 23.7 Å². The summed E-state index contributed by atoms with van der Waals surface area (Å²) >= 11 is 8.07. The van der Waals surface area contributed by atoms with Crippen LogP contribution in [0.5, 0.6) is 5.75 Å². The summed E-state index contributed by atoms with van der Waals surface area (Å²) in [5.74, 6) is 0.967. The van der Waals surface area contributed by atoms with Crippen molar-refractivity contribution in [1.29, 1.82) is 0 Å². The fraction of sp³-hybridized carbons (Fsp3) is 0.222. The number of alkyl halides is 3. The van der Waals surface area contributed by atoms with Crippen LogP contribution in [0.1, 0.15) is 24.0 Å². The highest BCUT2D eigenvalue weighted by Gasteiger charge is 2.65. The molecule has 1 aliphatic carbocycles. The summed E-state index contributed by atoms with van der Waals surface area (Å²) in [6, 6.07) is 21.8. The van der Waals surface area contributed by atoms with E-state index in [1.54, 1.807) is 17.8 Å². The number of fused-ring (bicyclic) bond motifs is 1. The Balaban J connectivity index is 1.57. The molecule has 0 saturated heterocycles. The molecule has 180 valence electrons. The molecule has 0 bridgehead atoms. The Morgan fingerprint density at radius 2 is 1.77 bits per heavy atom. The molecule has 1 aromatic heterocycles. The molecule has 1 fully saturated rings. The molecule has 4 aromatic rings. The molecule has 1 heterocycles. The van der Waals surface area contributed by atoms with Gasteiger partial charge in [-0.1, -0.05) is 41.9 Å². The van der Waals surface area contributed by atoms with E-state index >= 15 is 0 Å². The van der Waals surface area contributed by atoms with Crippen molar-refractivity contribution in [2.24, 2.45) is 0 Å². The molecule has 3 nitrogen and oxygen atoms in total. The van der Waals surface area contributed by atoms with Gasteiger partial charge < -0.3 is 4.74 Å². The van der Waals surface area contributed by atoms with E-state index in [2.05, 4.69) is 12.1 Å². The maximum absolute atomic E-state index is 13.7. The van der Waals surface area contributed by atoms with Crippen molar-refractivity contribution in [3.63, 3.8) is 0 Å². The second kappa shape index (κ2) is 8.95. The number of methoxy groups -OCH3 is 1. The number of hydrogen-bond acceptors (Lipinski definition) is 3. The summed E-state index contributed by atoms with van der Waals surface area (Å²) in [7, 11) is 1.37. The maximum Gasteiger partial charge on any atom is 0.398 e. The molecular weight excluding hydrogens is 495 g/mol. The minimum absolute atomic E-state index is 0.0137. The lowest BCUT2D eigenvalue weighted by Crippen LogP contribution is -2.29. The van der Waals surface area contributed by atoms with E-state index in [4.69, 9.17) is 16.3 Å². The van der Waals surface area contributed by atoms with Crippen molar-refractivity contribution in [1.82, 2.24) is 4.57 Å². The van der Waals surface area contributed by atoms with E-state index < -0.39 is 11.6 Å². The van der Waals surface area contributed by atoms with Gasteiger partial charge in [-0.2, -0.15) is 13.2 Å². The number of ether oxygens (including phenoxy) is 1. The first-order valence-electron chi connectivity index (χ1n) is 11.0. The lowest BCUT2D eigenvalue weighted by atomic mass is 9.94. The lowest BCUT2D eigenvalue weighted by Gasteiger charge is -2.23. The van der Waals surface area contributed by atoms with Gasteiger partial charge >= 0.3 is 6.18 Å². The first-order chi connectivity index (χ1) is 16.7. The highest BCUT2D eigenvalue weighted by Crippen LogP contribution is 2.61. The molecule has 0 amide bonds. The molecule has 1 saturated carbocycles. The number of halogens is 4. The van der Waals surface area contributed by atoms with E-state index in [-0.39, 0.29) is 34.7 Å². The molecule has 0 aliphatic heterocycles. The van der Waals surface area contributed by atoms with Gasteiger partial charge in [0.2, 0.25) is 0 Å². The third kappa shape index (κ3) is 4.32. The molecule has 0 radical (unpaired) electrons. The number of nitrogens with zero attached hydrogens (tertiary/aromatic N) is 1. The zero-order valence-corrected chi connectivity index (χ0v) is 20.3. The first-order valence-corrected chi connectivity index (χ1v) is 12.4. The predicted molar refractivity (Wildman–Crippen MR) is 134 cm³/mol. The fourth-order valence-electron chi connectivity index (χ4n) is 4.38. The van der Waals surface area contributed by atoms with Gasteiger partial charge in [0.1, 0.15) is 5.75 Å². The predicted octanol–water partition coefficient (Wildman–Crippen LogP) is 7.54. The van der Waals surface area contributed by atoms with Gasteiger partial charge in [-0.15, -0.1) is 11.8 Å². The molecule has 5 rings (SSSR count). The average Bonchev–Trinajstić information content (AvgIpc) is 3.65. The Morgan fingerprint density at radius 3 is 2.43 bits per heavy atom. The fourth-order valence-corrected chi connectivity index (χ4v) is 5.62. The van der Waals surface area contributed by atoms with E-state index in [0.717, 1.165) is 16.0 Å². The van der Waals surface area contributed by atoms with Crippen LogP contribution in [0.4, 0.5) is 13.2 Å². The third-order valence-electron chi connectivity index (χ3n) is 6.43. The van der Waals surface area contributed by atoms with Gasteiger partial charge in [0.15, 0.2) is 0 Å². The summed E-state index contributed by atoms with van der Waals surface area (Å²) in [4.78, 5) is 14.0. The highest BCUT2D eigenvalue weighted by atomic mass is 35.5. The average molecular weight is 516 g/mol. The van der Waals surface area contributed by atoms with Crippen molar-refractivity contribution in [2.45, 2.75) is 35.1 Å². The summed E-state index contributed by atoms with van der Waals surface area (Å²) in [6.07, 6.45) is -4.44. The number of thioether (sulfide) groups is 1. The number of hydrogen-bond donors (Lipinski definition) is 0. The van der Waals surface area contributed by atoms with Gasteiger partial charge in [0, 0.05) is 21.7 Å². The van der Waals surface area contributed by atoms with Crippen molar-refractivity contribution < 1.29 is 17.9 Å². The van der Waals surface area contributed by atoms with Crippen LogP contribution in [0.15, 0.2) is 82.5 Å². The number of rotatable bonds is 6. The molecule has 35 heavy (non-hydrogen) atoms. The van der Waals surface area contributed by atoms with E-state index in [9.17, 15) is 18.0 Å². The Morgan fingerprint density at radius 1 is 1.03 bits per heavy atom. The number of pyridine rings is 1. The van der Waals surface area contributed by atoms with Crippen LogP contribution < -0.4 is 10.3 Å². The Kier molecular flexibility index (Phi) is 6.09. The van der Waals surface area contributed by atoms with Crippen LogP contribution >= 0.6 is 23.4 Å². The van der Waals surface area contributed by atoms with Crippen LogP contribution in [-0.2, 0) is 11.2 Å². The zero-order chi connectivity index (χ0) is 24.8. The smallest absolute Gasteiger partial charge is 0.398 e. The molecule has 8 heteroatoms. The van der Waals surface area contributed by atoms with Crippen molar-refractivity contribution >= 4 is 34.3 Å². The zero-order valence-electron chi connectivity index (χ0n) is 18.7. The minimum Gasteiger partial charge on any atom is -0.495 e. The SMILES string of the molecule is COc1cc(C2(C(F)(F)F)CC2)c(Cl)cc1-n1c(=O)ccc2cc(SCc3ccccc3)ccc21. The van der Waals surface area contributed by atoms with Crippen molar-refractivity contribution in [2.75, 3.05) is 7.11 Å². The number of benzene rings is 3. The van der Waals surface area contributed by atoms with Crippen molar-refractivity contribution in [3.05, 3.63) is 99.3 Å². The Bertz CT molecular complexity index is 1460. The van der Waals surface area contributed by atoms with Gasteiger partial charge in [-0.3, -0.25) is 9.36 Å². The molecule has 1 aliphatic rings. The van der Waals surface area contributed by atoms with Crippen LogP contribution in [0.25, 0.3) is 16.6 Å². The molecule has 0 spiro atoms. The van der Waals surface area contributed by atoms with Gasteiger partial charge in [-0.05, 0) is 65.8 Å². The summed E-state index contributed by atoms with van der Waals surface area (Å²) in [5, 5.41) is 0.786. The lowest BCUT2D eigenvalue weighted by molar-refractivity contribution is -0.160. The minimum atomic E-state index is -4.41. The molecule has 0 N–H and O–H groups in total. The Hall–Kier alpha value is -2.90. The number of aromatic nitrogens is 1. The molecule has 3 aromatic carbocycles. The topological polar surface area (TPSA) is 31.2 Å². The summed E-state index contributed by atoms with van der Waals surface area (Å²) < 4.78 is 48.1. The molecular formula is C27H21ClF3NO2S. The summed E-state index contributed by atoms with van der Waals surface area (Å²) in [5.41, 5.74) is -0.180. The third-order valence-corrected chi connectivity index (χ3v) is 7.81. The second-order valence-electron chi connectivity index (χ2n) is 8.59. The summed E-state index contributed by atoms with van der Waals surface area (Å²) in [6.45, 7) is 0. The van der Waals surface area contributed by atoms with Crippen LogP contribution in [0, 0.1) is 0 Å². The van der Waals surface area contributed by atoms with E-state index in [1.165, 1.54) is 35.4 Å². The standard InChI is InChI=1S/C27H21ClF3NO2S/c1-34-24-14-20(26(11-12-26)27(29,30)31)21(28)15-23(24)32-22-9-8-19(13-18(22)7-10-25(32)33)35-16-17-5-3-2-4-6-17/h2-10,13-15H,11-12,16H2,1H3. The van der Waals surface area contributed by atoms with E-state index in [0.29, 0.717) is 11.2 Å². The monoisotopic (exact) mass is 515 g/mol. The first kappa shape index (κ1) is 23.8. The quantitative estimate of drug-likeness (QED) is 0.249. The second-order valence-corrected chi connectivity index (χ2v) is 10.0. The largest absolute Gasteiger partial charge is 0.495 e.